The number of aromatic nitrogens is 1. The van der Waals surface area contributed by atoms with Crippen LogP contribution in [0.5, 0.6) is 0 Å². The quantitative estimate of drug-likeness (QED) is 0.713. The first-order valence-corrected chi connectivity index (χ1v) is 9.77. The fraction of sp³-hybridized carbons (Fsp3) is 0.294. The van der Waals surface area contributed by atoms with E-state index in [0.717, 1.165) is 28.3 Å². The summed E-state index contributed by atoms with van der Waals surface area (Å²) in [6.45, 7) is 1.65. The molecule has 0 unspecified atom stereocenters. The highest BCUT2D eigenvalue weighted by Gasteiger charge is 2.22. The highest BCUT2D eigenvalue weighted by Crippen LogP contribution is 2.31. The summed E-state index contributed by atoms with van der Waals surface area (Å²) in [5.41, 5.74) is 0.928. The van der Waals surface area contributed by atoms with Crippen LogP contribution in [-0.4, -0.2) is 38.1 Å². The van der Waals surface area contributed by atoms with Crippen LogP contribution in [-0.2, 0) is 0 Å². The lowest BCUT2D eigenvalue weighted by Crippen LogP contribution is -3.05. The van der Waals surface area contributed by atoms with E-state index in [-0.39, 0.29) is 5.91 Å². The van der Waals surface area contributed by atoms with Gasteiger partial charge in [-0.1, -0.05) is 35.1 Å². The Kier molecular flexibility index (Phi) is 5.50. The molecule has 0 saturated heterocycles. The van der Waals surface area contributed by atoms with E-state index in [2.05, 4.69) is 19.1 Å². The number of carbonyl (C=O) groups is 1. The second-order valence-corrected chi connectivity index (χ2v) is 8.56. The van der Waals surface area contributed by atoms with Crippen molar-refractivity contribution in [2.75, 3.05) is 32.1 Å². The number of carbonyl (C=O) groups excluding carboxylic acids is 1. The van der Waals surface area contributed by atoms with Crippen LogP contribution in [0.1, 0.15) is 16.1 Å². The summed E-state index contributed by atoms with van der Waals surface area (Å²) < 4.78 is 1.72. The summed E-state index contributed by atoms with van der Waals surface area (Å²) in [5.74, 6) is -0.0280. The highest BCUT2D eigenvalue weighted by molar-refractivity contribution is 7.22. The topological polar surface area (TPSA) is 37.6 Å². The van der Waals surface area contributed by atoms with E-state index in [1.54, 1.807) is 28.4 Å². The van der Waals surface area contributed by atoms with Crippen molar-refractivity contribution in [2.45, 2.75) is 6.42 Å². The molecule has 0 spiro atoms. The fourth-order valence-corrected chi connectivity index (χ4v) is 4.39. The Morgan fingerprint density at radius 2 is 2.00 bits per heavy atom. The lowest BCUT2D eigenvalue weighted by Gasteiger charge is -2.19. The number of nitrogens with one attached hydrogen (secondary N) is 1. The molecule has 2 heterocycles. The van der Waals surface area contributed by atoms with E-state index in [4.69, 9.17) is 11.6 Å². The molecule has 1 aromatic carbocycles. The molecule has 0 aliphatic rings. The molecule has 0 saturated carbocycles. The summed E-state index contributed by atoms with van der Waals surface area (Å²) in [4.78, 5) is 21.4. The molecule has 3 aromatic rings. The van der Waals surface area contributed by atoms with Crippen molar-refractivity contribution in [3.05, 3.63) is 45.6 Å². The summed E-state index contributed by atoms with van der Waals surface area (Å²) in [7, 11) is 4.23. The van der Waals surface area contributed by atoms with Crippen LogP contribution in [0.2, 0.25) is 4.34 Å². The van der Waals surface area contributed by atoms with Crippen LogP contribution < -0.4 is 9.80 Å². The lowest BCUT2D eigenvalue weighted by molar-refractivity contribution is -0.858. The number of halogens is 1. The third-order valence-corrected chi connectivity index (χ3v) is 5.88. The summed E-state index contributed by atoms with van der Waals surface area (Å²) in [6, 6.07) is 11.5. The Bertz CT molecular complexity index is 810. The van der Waals surface area contributed by atoms with Gasteiger partial charge in [-0.2, -0.15) is 0 Å². The zero-order valence-corrected chi connectivity index (χ0v) is 16.0. The minimum absolute atomic E-state index is 0.0280. The van der Waals surface area contributed by atoms with Crippen molar-refractivity contribution in [1.82, 2.24) is 4.98 Å². The van der Waals surface area contributed by atoms with Crippen LogP contribution >= 0.6 is 34.3 Å². The standard InChI is InChI=1S/C17H18ClN3OS2/c1-20(2)10-5-11-21(16(22)14-8-9-15(18)23-14)17-19-12-6-3-4-7-13(12)24-17/h3-4,6-9H,5,10-11H2,1-2H3/p+1. The molecule has 1 N–H and O–H groups in total. The molecule has 2 aromatic heterocycles. The molecule has 126 valence electrons. The van der Waals surface area contributed by atoms with Crippen molar-refractivity contribution in [2.24, 2.45) is 0 Å². The average molecular weight is 381 g/mol. The second kappa shape index (κ2) is 7.61. The predicted molar refractivity (Wildman–Crippen MR) is 103 cm³/mol. The first kappa shape index (κ1) is 17.4. The van der Waals surface area contributed by atoms with Gasteiger partial charge >= 0.3 is 0 Å². The predicted octanol–water partition coefficient (Wildman–Crippen LogP) is 3.19. The van der Waals surface area contributed by atoms with Crippen LogP contribution in [0.25, 0.3) is 10.2 Å². The van der Waals surface area contributed by atoms with Crippen LogP contribution in [0.15, 0.2) is 36.4 Å². The Morgan fingerprint density at radius 3 is 2.67 bits per heavy atom. The maximum atomic E-state index is 12.9. The molecule has 7 heteroatoms. The molecule has 4 nitrogen and oxygen atoms in total. The molecule has 0 radical (unpaired) electrons. The highest BCUT2D eigenvalue weighted by atomic mass is 35.5. The van der Waals surface area contributed by atoms with E-state index in [1.807, 2.05) is 24.3 Å². The van der Waals surface area contributed by atoms with Gasteiger partial charge in [0.25, 0.3) is 5.91 Å². The van der Waals surface area contributed by atoms with E-state index >= 15 is 0 Å². The molecule has 3 rings (SSSR count). The molecule has 24 heavy (non-hydrogen) atoms. The number of rotatable bonds is 6. The molecular weight excluding hydrogens is 362 g/mol. The Hall–Kier alpha value is -1.47. The van der Waals surface area contributed by atoms with Crippen LogP contribution in [0.4, 0.5) is 5.13 Å². The fourth-order valence-electron chi connectivity index (χ4n) is 2.41. The minimum atomic E-state index is -0.0280. The molecule has 0 aliphatic heterocycles. The van der Waals surface area contributed by atoms with Crippen LogP contribution in [0, 0.1) is 0 Å². The van der Waals surface area contributed by atoms with Gasteiger partial charge in [-0.15, -0.1) is 11.3 Å². The van der Waals surface area contributed by atoms with Gasteiger partial charge in [0.2, 0.25) is 0 Å². The average Bonchev–Trinajstić information content (AvgIpc) is 3.16. The van der Waals surface area contributed by atoms with E-state index in [1.165, 1.54) is 16.2 Å². The number of fused-ring (bicyclic) bond motifs is 1. The molecule has 0 fully saturated rings. The van der Waals surface area contributed by atoms with Gasteiger partial charge in [0.05, 0.1) is 40.1 Å². The molecule has 1 amide bonds. The number of para-hydroxylation sites is 1. The third kappa shape index (κ3) is 3.95. The number of amides is 1. The van der Waals surface area contributed by atoms with Gasteiger partial charge in [-0.05, 0) is 24.3 Å². The van der Waals surface area contributed by atoms with Crippen molar-refractivity contribution in [1.29, 1.82) is 0 Å². The van der Waals surface area contributed by atoms with Crippen LogP contribution in [0.3, 0.4) is 0 Å². The SMILES string of the molecule is C[NH+](C)CCCN(C(=O)c1ccc(Cl)s1)c1nc2ccccc2s1. The molecule has 0 aliphatic carbocycles. The van der Waals surface area contributed by atoms with Gasteiger partial charge < -0.3 is 4.90 Å². The van der Waals surface area contributed by atoms with Gasteiger partial charge in [0, 0.05) is 13.0 Å². The Labute approximate surface area is 154 Å². The van der Waals surface area contributed by atoms with Gasteiger partial charge in [0.1, 0.15) is 0 Å². The number of thiophene rings is 1. The van der Waals surface area contributed by atoms with Crippen molar-refractivity contribution in [3.63, 3.8) is 0 Å². The monoisotopic (exact) mass is 380 g/mol. The lowest BCUT2D eigenvalue weighted by atomic mass is 10.3. The molecule has 0 bridgehead atoms. The zero-order valence-electron chi connectivity index (χ0n) is 13.6. The minimum Gasteiger partial charge on any atom is -0.340 e. The van der Waals surface area contributed by atoms with E-state index in [0.29, 0.717) is 15.8 Å². The van der Waals surface area contributed by atoms with E-state index < -0.39 is 0 Å². The van der Waals surface area contributed by atoms with Crippen molar-refractivity contribution < 1.29 is 9.69 Å². The number of nitrogens with zero attached hydrogens (tertiary/aromatic N) is 2. The number of quaternary nitrogens is 1. The summed E-state index contributed by atoms with van der Waals surface area (Å²) in [6.07, 6.45) is 0.920. The van der Waals surface area contributed by atoms with E-state index in [9.17, 15) is 4.79 Å². The zero-order chi connectivity index (χ0) is 17.1. The normalized spacial score (nSPS) is 11.3. The Morgan fingerprint density at radius 1 is 1.21 bits per heavy atom. The number of anilines is 1. The van der Waals surface area contributed by atoms with Crippen molar-refractivity contribution in [3.8, 4) is 0 Å². The van der Waals surface area contributed by atoms with Gasteiger partial charge in [0.15, 0.2) is 5.13 Å². The second-order valence-electron chi connectivity index (χ2n) is 5.84. The largest absolute Gasteiger partial charge is 0.340 e. The smallest absolute Gasteiger partial charge is 0.270 e. The molecular formula is C17H19ClN3OS2+. The van der Waals surface area contributed by atoms with Gasteiger partial charge in [-0.3, -0.25) is 9.69 Å². The summed E-state index contributed by atoms with van der Waals surface area (Å²) >= 11 is 8.86. The first-order chi connectivity index (χ1) is 11.5. The maximum Gasteiger partial charge on any atom is 0.270 e. The van der Waals surface area contributed by atoms with Crippen molar-refractivity contribution >= 4 is 55.5 Å². The number of hydrogen-bond acceptors (Lipinski definition) is 4. The number of hydrogen-bond donors (Lipinski definition) is 1. The summed E-state index contributed by atoms with van der Waals surface area (Å²) in [5, 5.41) is 0.750. The maximum absolute atomic E-state index is 12.9. The van der Waals surface area contributed by atoms with Gasteiger partial charge in [-0.25, -0.2) is 4.98 Å². The first-order valence-electron chi connectivity index (χ1n) is 7.76. The number of benzene rings is 1. The Balaban J connectivity index is 1.89. The molecule has 0 atom stereocenters. The third-order valence-electron chi connectivity index (χ3n) is 3.60. The number of thiazole rings is 1.